The van der Waals surface area contributed by atoms with Crippen molar-refractivity contribution in [3.05, 3.63) is 36.4 Å². The Morgan fingerprint density at radius 3 is 2.88 bits per heavy atom. The molecule has 5 atom stereocenters. The molecule has 4 heteroatoms. The van der Waals surface area contributed by atoms with Gasteiger partial charge >= 0.3 is 0 Å². The summed E-state index contributed by atoms with van der Waals surface area (Å²) in [6.45, 7) is 5.75. The minimum atomic E-state index is 0.118. The van der Waals surface area contributed by atoms with Crippen molar-refractivity contribution in [2.45, 2.75) is 52.4 Å². The van der Waals surface area contributed by atoms with Crippen molar-refractivity contribution in [3.63, 3.8) is 0 Å². The van der Waals surface area contributed by atoms with Crippen LogP contribution < -0.4 is 5.32 Å². The fraction of sp³-hybridized carbons (Fsp3) is 0.636. The largest absolute Gasteiger partial charge is 0.353 e. The van der Waals surface area contributed by atoms with Crippen molar-refractivity contribution in [2.24, 2.45) is 28.6 Å². The molecule has 1 aromatic heterocycles. The standard InChI is InChI=1S/C22H29N3O/c1-21-9-10-24-20(26)13-15(21)3-4-16-17-5-6-19(25-12-11-23-14-25)22(17,2)8-7-18(16)21/h6,11-14,16-18H,3-5,7-10H2,1-2H3,(H,24,26)/t16-,17-,18-,21-,22-/m0/s1. The number of imidazole rings is 1. The van der Waals surface area contributed by atoms with Crippen LogP contribution in [0.5, 0.6) is 0 Å². The van der Waals surface area contributed by atoms with Gasteiger partial charge in [0.25, 0.3) is 0 Å². The smallest absolute Gasteiger partial charge is 0.243 e. The van der Waals surface area contributed by atoms with Crippen LogP contribution >= 0.6 is 0 Å². The molecule has 0 saturated heterocycles. The molecule has 2 fully saturated rings. The summed E-state index contributed by atoms with van der Waals surface area (Å²) in [6.07, 6.45) is 17.5. The lowest BCUT2D eigenvalue weighted by molar-refractivity contribution is -0.116. The van der Waals surface area contributed by atoms with Gasteiger partial charge in [-0.3, -0.25) is 4.79 Å². The Morgan fingerprint density at radius 1 is 1.19 bits per heavy atom. The fourth-order valence-corrected chi connectivity index (χ4v) is 6.91. The molecule has 1 N–H and O–H groups in total. The average molecular weight is 351 g/mol. The van der Waals surface area contributed by atoms with E-state index in [2.05, 4.69) is 41.0 Å². The summed E-state index contributed by atoms with van der Waals surface area (Å²) in [5, 5.41) is 3.07. The Labute approximate surface area is 155 Å². The van der Waals surface area contributed by atoms with Crippen LogP contribution in [0.15, 0.2) is 36.4 Å². The zero-order chi connectivity index (χ0) is 17.9. The van der Waals surface area contributed by atoms with Crippen LogP contribution in [-0.4, -0.2) is 22.0 Å². The summed E-state index contributed by atoms with van der Waals surface area (Å²) in [7, 11) is 0. The Hall–Kier alpha value is -1.84. The van der Waals surface area contributed by atoms with Crippen LogP contribution in [0, 0.1) is 28.6 Å². The van der Waals surface area contributed by atoms with Crippen LogP contribution in [0.3, 0.4) is 0 Å². The molecular weight excluding hydrogens is 322 g/mol. The molecule has 0 aromatic carbocycles. The molecule has 138 valence electrons. The predicted molar refractivity (Wildman–Crippen MR) is 102 cm³/mol. The lowest BCUT2D eigenvalue weighted by Gasteiger charge is -2.56. The SMILES string of the molecule is C[C@]12CCNC(=O)C=C1CC[C@@H]1[C@@H]2CC[C@]2(C)C(n3ccnc3)=CC[C@@H]12. The maximum absolute atomic E-state index is 12.0. The highest BCUT2D eigenvalue weighted by atomic mass is 16.1. The molecule has 1 aliphatic heterocycles. The molecule has 1 aromatic rings. The molecule has 0 spiro atoms. The molecule has 1 amide bonds. The Balaban J connectivity index is 1.48. The first-order valence-electron chi connectivity index (χ1n) is 10.2. The van der Waals surface area contributed by atoms with E-state index >= 15 is 0 Å². The van der Waals surface area contributed by atoms with E-state index in [1.807, 2.05) is 18.6 Å². The number of hydrogen-bond acceptors (Lipinski definition) is 2. The van der Waals surface area contributed by atoms with Gasteiger partial charge in [-0.15, -0.1) is 0 Å². The Bertz CT molecular complexity index is 792. The van der Waals surface area contributed by atoms with E-state index in [0.29, 0.717) is 5.92 Å². The number of nitrogens with one attached hydrogen (secondary N) is 1. The van der Waals surface area contributed by atoms with Crippen molar-refractivity contribution in [2.75, 3.05) is 6.54 Å². The third-order valence-corrected chi connectivity index (χ3v) is 8.31. The van der Waals surface area contributed by atoms with Crippen molar-refractivity contribution in [3.8, 4) is 0 Å². The van der Waals surface area contributed by atoms with Gasteiger partial charge in [-0.1, -0.05) is 25.5 Å². The first kappa shape index (κ1) is 16.3. The molecule has 2 saturated carbocycles. The summed E-state index contributed by atoms with van der Waals surface area (Å²) < 4.78 is 2.24. The number of amides is 1. The van der Waals surface area contributed by atoms with Crippen LogP contribution in [-0.2, 0) is 4.79 Å². The van der Waals surface area contributed by atoms with Crippen LogP contribution in [0.4, 0.5) is 0 Å². The zero-order valence-electron chi connectivity index (χ0n) is 15.9. The number of fused-ring (bicyclic) bond motifs is 5. The molecule has 5 rings (SSSR count). The highest BCUT2D eigenvalue weighted by Crippen LogP contribution is 2.65. The molecule has 4 nitrogen and oxygen atoms in total. The van der Waals surface area contributed by atoms with E-state index in [0.717, 1.165) is 31.2 Å². The molecule has 3 aliphatic carbocycles. The first-order valence-corrected chi connectivity index (χ1v) is 10.2. The molecule has 26 heavy (non-hydrogen) atoms. The van der Waals surface area contributed by atoms with E-state index in [1.54, 1.807) is 0 Å². The number of allylic oxidation sites excluding steroid dienone is 3. The topological polar surface area (TPSA) is 46.9 Å². The van der Waals surface area contributed by atoms with Crippen molar-refractivity contribution < 1.29 is 4.79 Å². The second-order valence-electron chi connectivity index (χ2n) is 9.29. The van der Waals surface area contributed by atoms with Gasteiger partial charge in [0.2, 0.25) is 5.91 Å². The Morgan fingerprint density at radius 2 is 2.08 bits per heavy atom. The number of rotatable bonds is 1. The van der Waals surface area contributed by atoms with Gasteiger partial charge in [0.1, 0.15) is 0 Å². The van der Waals surface area contributed by atoms with Crippen molar-refractivity contribution >= 4 is 11.6 Å². The molecular formula is C22H29N3O. The lowest BCUT2D eigenvalue weighted by Crippen LogP contribution is -2.49. The van der Waals surface area contributed by atoms with E-state index in [9.17, 15) is 4.79 Å². The lowest BCUT2D eigenvalue weighted by atomic mass is 9.48. The van der Waals surface area contributed by atoms with Crippen molar-refractivity contribution in [1.82, 2.24) is 14.9 Å². The van der Waals surface area contributed by atoms with Gasteiger partial charge in [-0.25, -0.2) is 4.98 Å². The van der Waals surface area contributed by atoms with Crippen LogP contribution in [0.2, 0.25) is 0 Å². The van der Waals surface area contributed by atoms with Gasteiger partial charge in [0, 0.05) is 36.1 Å². The molecule has 4 aliphatic rings. The average Bonchev–Trinajstić information content (AvgIpc) is 3.20. The third-order valence-electron chi connectivity index (χ3n) is 8.31. The highest BCUT2D eigenvalue weighted by molar-refractivity contribution is 5.88. The molecule has 0 bridgehead atoms. The van der Waals surface area contributed by atoms with Gasteiger partial charge in [0.05, 0.1) is 6.33 Å². The van der Waals surface area contributed by atoms with Gasteiger partial charge in [0.15, 0.2) is 0 Å². The monoisotopic (exact) mass is 351 g/mol. The predicted octanol–water partition coefficient (Wildman–Crippen LogP) is 4.02. The second-order valence-corrected chi connectivity index (χ2v) is 9.29. The maximum atomic E-state index is 12.0. The first-order chi connectivity index (χ1) is 12.5. The number of nitrogens with zero attached hydrogens (tertiary/aromatic N) is 2. The minimum Gasteiger partial charge on any atom is -0.353 e. The van der Waals surface area contributed by atoms with Crippen LogP contribution in [0.1, 0.15) is 52.4 Å². The van der Waals surface area contributed by atoms with E-state index in [4.69, 9.17) is 0 Å². The summed E-state index contributed by atoms with van der Waals surface area (Å²) in [4.78, 5) is 16.3. The van der Waals surface area contributed by atoms with E-state index in [-0.39, 0.29) is 16.7 Å². The second kappa shape index (κ2) is 5.58. The van der Waals surface area contributed by atoms with Crippen LogP contribution in [0.25, 0.3) is 5.70 Å². The normalized spacial score (nSPS) is 41.9. The minimum absolute atomic E-state index is 0.118. The van der Waals surface area contributed by atoms with E-state index < -0.39 is 0 Å². The van der Waals surface area contributed by atoms with E-state index in [1.165, 1.54) is 37.0 Å². The number of carbonyl (C=O) groups is 1. The summed E-state index contributed by atoms with van der Waals surface area (Å²) >= 11 is 0. The molecule has 2 heterocycles. The number of carbonyl (C=O) groups excluding carboxylic acids is 1. The highest BCUT2D eigenvalue weighted by Gasteiger charge is 2.57. The molecule has 0 unspecified atom stereocenters. The van der Waals surface area contributed by atoms with Gasteiger partial charge in [-0.05, 0) is 61.7 Å². The summed E-state index contributed by atoms with van der Waals surface area (Å²) in [6, 6.07) is 0. The quantitative estimate of drug-likeness (QED) is 0.830. The van der Waals surface area contributed by atoms with Crippen molar-refractivity contribution in [1.29, 1.82) is 0 Å². The van der Waals surface area contributed by atoms with Gasteiger partial charge < -0.3 is 9.88 Å². The number of aromatic nitrogens is 2. The maximum Gasteiger partial charge on any atom is 0.243 e. The summed E-state index contributed by atoms with van der Waals surface area (Å²) in [5.74, 6) is 2.32. The third kappa shape index (κ3) is 2.14. The Kier molecular flexibility index (Phi) is 3.51. The zero-order valence-corrected chi connectivity index (χ0v) is 15.9. The summed E-state index contributed by atoms with van der Waals surface area (Å²) in [5.41, 5.74) is 3.33. The molecule has 0 radical (unpaired) electrons. The fourth-order valence-electron chi connectivity index (χ4n) is 6.91. The number of hydrogen-bond donors (Lipinski definition) is 1. The van der Waals surface area contributed by atoms with Gasteiger partial charge in [-0.2, -0.15) is 0 Å².